The molecule has 4 aromatic heterocycles. The van der Waals surface area contributed by atoms with Crippen molar-refractivity contribution in [1.29, 1.82) is 0 Å². The molecule has 0 aliphatic heterocycles. The Hall–Kier alpha value is -7.55. The van der Waals surface area contributed by atoms with Crippen molar-refractivity contribution in [1.82, 2.24) is 24.1 Å². The van der Waals surface area contributed by atoms with Crippen molar-refractivity contribution < 1.29 is 0 Å². The summed E-state index contributed by atoms with van der Waals surface area (Å²) in [5, 5.41) is 3.57. The van der Waals surface area contributed by atoms with Crippen LogP contribution < -0.4 is 0 Å². The molecule has 5 heteroatoms. The molecule has 5 nitrogen and oxygen atoms in total. The summed E-state index contributed by atoms with van der Waals surface area (Å²) in [5.74, 6) is 0.829. The van der Waals surface area contributed by atoms with Crippen LogP contribution >= 0.6 is 0 Å². The van der Waals surface area contributed by atoms with Crippen molar-refractivity contribution >= 4 is 38.9 Å². The molecule has 0 fully saturated rings. The van der Waals surface area contributed by atoms with Crippen LogP contribution in [0, 0.1) is 12.1 Å². The largest absolute Gasteiger partial charge is 0.312 e. The van der Waals surface area contributed by atoms with Crippen molar-refractivity contribution in [3.05, 3.63) is 205 Å². The van der Waals surface area contributed by atoms with Gasteiger partial charge < -0.3 is 4.57 Å². The van der Waals surface area contributed by atoms with Crippen LogP contribution in [0.4, 0.5) is 0 Å². The Kier molecular flexibility index (Phi) is 7.46. The third kappa shape index (κ3) is 5.23. The first-order chi connectivity index (χ1) is 27.8. The molecule has 11 rings (SSSR count). The van der Waals surface area contributed by atoms with Gasteiger partial charge in [-0.05, 0) is 90.8 Å². The Morgan fingerprint density at radius 1 is 0.554 bits per heavy atom. The van der Waals surface area contributed by atoms with E-state index >= 15 is 0 Å². The Balaban J connectivity index is 1.06. The molecule has 262 valence electrons. The highest BCUT2D eigenvalue weighted by Gasteiger charge is 2.28. The third-order valence-corrected chi connectivity index (χ3v) is 11.0. The highest BCUT2D eigenvalue weighted by molar-refractivity contribution is 6.08. The maximum Gasteiger partial charge on any atom is 0.160 e. The van der Waals surface area contributed by atoms with Crippen molar-refractivity contribution in [3.8, 4) is 45.3 Å². The molecular weight excluding hydrogens is 683 g/mol. The second kappa shape index (κ2) is 13.1. The van der Waals surface area contributed by atoms with Crippen LogP contribution in [0.5, 0.6) is 0 Å². The highest BCUT2D eigenvalue weighted by Crippen LogP contribution is 2.44. The number of benzene rings is 5. The van der Waals surface area contributed by atoms with Gasteiger partial charge in [0.15, 0.2) is 5.82 Å². The highest BCUT2D eigenvalue weighted by atomic mass is 15.0. The summed E-state index contributed by atoms with van der Waals surface area (Å²) in [5.41, 5.74) is 14.0. The topological polar surface area (TPSA) is 48.5 Å². The number of para-hydroxylation sites is 2. The van der Waals surface area contributed by atoms with E-state index in [-0.39, 0.29) is 5.92 Å². The number of hydrogen-bond acceptors (Lipinski definition) is 3. The van der Waals surface area contributed by atoms with E-state index in [1.54, 1.807) is 0 Å². The monoisotopic (exact) mass is 715 g/mol. The van der Waals surface area contributed by atoms with Gasteiger partial charge in [0.05, 0.1) is 22.4 Å². The van der Waals surface area contributed by atoms with Crippen LogP contribution in [-0.4, -0.2) is 24.1 Å². The quantitative estimate of drug-likeness (QED) is 0.172. The standard InChI is InChI=1S/C51H33N5/c1-4-15-34(16-5-1)45-33-46(35-17-6-2-7-18-35)54-50(53-45)37-19-12-22-39(31-37)56-48-29-28-36(32-44(48)43-26-14-30-52-51(43)56)40-24-13-25-42-41-23-10-11-27-47(41)55(49(40)42)38-20-8-3-9-21-38/h1,3-6,8-23,25-33,40H,24H2. The molecule has 0 saturated heterocycles. The molecule has 0 saturated carbocycles. The minimum Gasteiger partial charge on any atom is -0.312 e. The molecular formula is C51H33N5. The lowest BCUT2D eigenvalue weighted by Gasteiger charge is -2.24. The fourth-order valence-electron chi connectivity index (χ4n) is 8.50. The first-order valence-electron chi connectivity index (χ1n) is 19.0. The van der Waals surface area contributed by atoms with Gasteiger partial charge in [-0.15, -0.1) is 0 Å². The molecule has 1 aliphatic carbocycles. The molecule has 0 bridgehead atoms. The second-order valence-electron chi connectivity index (χ2n) is 14.3. The van der Waals surface area contributed by atoms with E-state index in [2.05, 4.69) is 149 Å². The minimum absolute atomic E-state index is 0.175. The maximum absolute atomic E-state index is 5.11. The lowest BCUT2D eigenvalue weighted by Crippen LogP contribution is -2.11. The van der Waals surface area contributed by atoms with Crippen molar-refractivity contribution in [2.75, 3.05) is 0 Å². The summed E-state index contributed by atoms with van der Waals surface area (Å²) >= 11 is 0. The molecule has 10 aromatic rings. The van der Waals surface area contributed by atoms with E-state index in [1.807, 2.05) is 54.7 Å². The van der Waals surface area contributed by atoms with Gasteiger partial charge in [0.25, 0.3) is 0 Å². The molecule has 1 unspecified atom stereocenters. The lowest BCUT2D eigenvalue weighted by atomic mass is 9.85. The minimum atomic E-state index is 0.175. The predicted molar refractivity (Wildman–Crippen MR) is 227 cm³/mol. The van der Waals surface area contributed by atoms with Crippen molar-refractivity contribution in [2.45, 2.75) is 12.3 Å². The van der Waals surface area contributed by atoms with E-state index in [4.69, 9.17) is 15.0 Å². The zero-order valence-electron chi connectivity index (χ0n) is 30.3. The van der Waals surface area contributed by atoms with Crippen LogP contribution in [0.15, 0.2) is 176 Å². The molecule has 0 radical (unpaired) electrons. The SMILES string of the molecule is c1ccc(-c2cc(-c3ccccc3)nc(-c3cccc(-n4c5ccc(C6CC=Cc7c6n(-c6ccccc6)c6ccccc76)cc5c5cccnc54)c3)n2)cc#1. The summed E-state index contributed by atoms with van der Waals surface area (Å²) in [6.45, 7) is 0. The van der Waals surface area contributed by atoms with E-state index in [9.17, 15) is 0 Å². The van der Waals surface area contributed by atoms with Crippen LogP contribution in [0.3, 0.4) is 0 Å². The van der Waals surface area contributed by atoms with Crippen LogP contribution in [0.25, 0.3) is 84.2 Å². The molecule has 4 heterocycles. The van der Waals surface area contributed by atoms with Crippen LogP contribution in [-0.2, 0) is 0 Å². The molecule has 0 amide bonds. The summed E-state index contributed by atoms with van der Waals surface area (Å²) in [6, 6.07) is 63.4. The van der Waals surface area contributed by atoms with E-state index in [0.29, 0.717) is 5.82 Å². The van der Waals surface area contributed by atoms with E-state index in [1.165, 1.54) is 38.8 Å². The third-order valence-electron chi connectivity index (χ3n) is 11.0. The average molecular weight is 716 g/mol. The van der Waals surface area contributed by atoms with Crippen molar-refractivity contribution in [3.63, 3.8) is 0 Å². The maximum atomic E-state index is 5.11. The van der Waals surface area contributed by atoms with Gasteiger partial charge in [-0.1, -0.05) is 109 Å². The fourth-order valence-corrected chi connectivity index (χ4v) is 8.50. The zero-order chi connectivity index (χ0) is 37.0. The van der Waals surface area contributed by atoms with E-state index in [0.717, 1.165) is 56.7 Å². The molecule has 0 spiro atoms. The lowest BCUT2D eigenvalue weighted by molar-refractivity contribution is 0.765. The molecule has 1 atom stereocenters. The zero-order valence-corrected chi connectivity index (χ0v) is 30.3. The number of nitrogens with zero attached hydrogens (tertiary/aromatic N) is 5. The number of allylic oxidation sites excluding steroid dienone is 1. The van der Waals surface area contributed by atoms with Gasteiger partial charge in [0.1, 0.15) is 5.65 Å². The first-order valence-corrected chi connectivity index (χ1v) is 19.0. The summed E-state index contributed by atoms with van der Waals surface area (Å²) in [7, 11) is 0. The Morgan fingerprint density at radius 2 is 1.30 bits per heavy atom. The normalized spacial score (nSPS) is 13.6. The molecule has 6 aromatic carbocycles. The number of fused-ring (bicyclic) bond motifs is 6. The molecule has 0 N–H and O–H groups in total. The molecule has 56 heavy (non-hydrogen) atoms. The first kappa shape index (κ1) is 31.9. The Labute approximate surface area is 324 Å². The smallest absolute Gasteiger partial charge is 0.160 e. The number of hydrogen-bond donors (Lipinski definition) is 0. The van der Waals surface area contributed by atoms with Gasteiger partial charge >= 0.3 is 0 Å². The number of pyridine rings is 1. The van der Waals surface area contributed by atoms with Gasteiger partial charge in [-0.2, -0.15) is 0 Å². The number of rotatable bonds is 6. The van der Waals surface area contributed by atoms with Gasteiger partial charge in [0, 0.05) is 67.6 Å². The van der Waals surface area contributed by atoms with Crippen LogP contribution in [0.1, 0.15) is 29.2 Å². The van der Waals surface area contributed by atoms with Crippen molar-refractivity contribution in [2.24, 2.45) is 0 Å². The van der Waals surface area contributed by atoms with Gasteiger partial charge in [0.2, 0.25) is 0 Å². The van der Waals surface area contributed by atoms with E-state index < -0.39 is 0 Å². The van der Waals surface area contributed by atoms with Gasteiger partial charge in [-0.3, -0.25) is 4.57 Å². The number of aromatic nitrogens is 5. The summed E-state index contributed by atoms with van der Waals surface area (Å²) < 4.78 is 4.74. The Morgan fingerprint density at radius 3 is 2.16 bits per heavy atom. The molecule has 1 aliphatic rings. The fraction of sp³-hybridized carbons (Fsp3) is 0.0392. The second-order valence-corrected chi connectivity index (χ2v) is 14.3. The van der Waals surface area contributed by atoms with Gasteiger partial charge in [-0.25, -0.2) is 15.0 Å². The van der Waals surface area contributed by atoms with Crippen LogP contribution in [0.2, 0.25) is 0 Å². The summed E-state index contributed by atoms with van der Waals surface area (Å²) in [6.07, 6.45) is 7.45. The predicted octanol–water partition coefficient (Wildman–Crippen LogP) is 12.1. The Bertz CT molecular complexity index is 3050. The average Bonchev–Trinajstić information content (AvgIpc) is 3.80. The summed E-state index contributed by atoms with van der Waals surface area (Å²) in [4.78, 5) is 15.2.